The number of benzene rings is 2. The number of halogens is 2. The van der Waals surface area contributed by atoms with Crippen LogP contribution < -0.4 is 4.74 Å². The highest BCUT2D eigenvalue weighted by Gasteiger charge is 2.39. The van der Waals surface area contributed by atoms with Crippen molar-refractivity contribution in [1.82, 2.24) is 14.7 Å². The Labute approximate surface area is 184 Å². The summed E-state index contributed by atoms with van der Waals surface area (Å²) in [6, 6.07) is 8.87. The molecule has 32 heavy (non-hydrogen) atoms. The lowest BCUT2D eigenvalue weighted by Crippen LogP contribution is -2.35. The van der Waals surface area contributed by atoms with Crippen molar-refractivity contribution in [2.45, 2.75) is 38.5 Å². The number of carbonyl (C=O) groups excluding carboxylic acids is 1. The van der Waals surface area contributed by atoms with Crippen LogP contribution >= 0.6 is 0 Å². The summed E-state index contributed by atoms with van der Waals surface area (Å²) in [5.74, 6) is -0.654. The molecule has 2 aliphatic rings. The number of hydrogen-bond donors (Lipinski definition) is 1. The van der Waals surface area contributed by atoms with E-state index >= 15 is 0 Å². The van der Waals surface area contributed by atoms with Crippen molar-refractivity contribution in [3.63, 3.8) is 0 Å². The van der Waals surface area contributed by atoms with Gasteiger partial charge in [-0.1, -0.05) is 0 Å². The van der Waals surface area contributed by atoms with Crippen LogP contribution in [-0.4, -0.2) is 45.5 Å². The average Bonchev–Trinajstić information content (AvgIpc) is 3.30. The molecular weight excluding hydrogens is 416 g/mol. The van der Waals surface area contributed by atoms with Gasteiger partial charge in [-0.3, -0.25) is 9.48 Å². The van der Waals surface area contributed by atoms with E-state index in [1.54, 1.807) is 16.7 Å². The fourth-order valence-electron chi connectivity index (χ4n) is 4.85. The van der Waals surface area contributed by atoms with Crippen molar-refractivity contribution in [2.75, 3.05) is 13.7 Å². The third-order valence-corrected chi connectivity index (χ3v) is 6.45. The van der Waals surface area contributed by atoms with Crippen molar-refractivity contribution in [3.05, 3.63) is 70.4 Å². The van der Waals surface area contributed by atoms with E-state index in [9.17, 15) is 18.7 Å². The maximum atomic E-state index is 14.4. The SMILES string of the molecule is COc1ccc(-c2nn(C3c4cc(F)cc(F)c4C[C@H]3O)c3c2CN(C(C)=O)CC3)cc1. The maximum absolute atomic E-state index is 14.4. The lowest BCUT2D eigenvalue weighted by Gasteiger charge is -2.28. The summed E-state index contributed by atoms with van der Waals surface area (Å²) in [7, 11) is 1.59. The third-order valence-electron chi connectivity index (χ3n) is 6.45. The fourth-order valence-corrected chi connectivity index (χ4v) is 4.85. The van der Waals surface area contributed by atoms with Crippen molar-refractivity contribution >= 4 is 5.91 Å². The predicted molar refractivity (Wildman–Crippen MR) is 113 cm³/mol. The van der Waals surface area contributed by atoms with Crippen molar-refractivity contribution in [1.29, 1.82) is 0 Å². The van der Waals surface area contributed by atoms with Gasteiger partial charge in [0.05, 0.1) is 18.9 Å². The van der Waals surface area contributed by atoms with Gasteiger partial charge < -0.3 is 14.7 Å². The summed E-state index contributed by atoms with van der Waals surface area (Å²) in [6.07, 6.45) is -0.299. The Morgan fingerprint density at radius 3 is 2.62 bits per heavy atom. The fraction of sp³-hybridized carbons (Fsp3) is 0.333. The van der Waals surface area contributed by atoms with E-state index in [0.717, 1.165) is 22.9 Å². The Bertz CT molecular complexity index is 1210. The van der Waals surface area contributed by atoms with Crippen LogP contribution in [-0.2, 0) is 24.2 Å². The molecule has 1 aliphatic heterocycles. The molecule has 166 valence electrons. The number of ether oxygens (including phenoxy) is 1. The van der Waals surface area contributed by atoms with Crippen LogP contribution in [0, 0.1) is 11.6 Å². The molecule has 8 heteroatoms. The van der Waals surface area contributed by atoms with Gasteiger partial charge in [0, 0.05) is 55.7 Å². The molecule has 0 radical (unpaired) electrons. The average molecular weight is 439 g/mol. The van der Waals surface area contributed by atoms with Gasteiger partial charge in [-0.15, -0.1) is 0 Å². The van der Waals surface area contributed by atoms with Crippen molar-refractivity contribution < 1.29 is 23.4 Å². The van der Waals surface area contributed by atoms with Gasteiger partial charge in [-0.2, -0.15) is 5.10 Å². The summed E-state index contributed by atoms with van der Waals surface area (Å²) >= 11 is 0. The Morgan fingerprint density at radius 2 is 1.94 bits per heavy atom. The molecule has 0 saturated heterocycles. The molecular formula is C24H23F2N3O3. The molecule has 0 fully saturated rings. The number of fused-ring (bicyclic) bond motifs is 2. The number of rotatable bonds is 3. The minimum atomic E-state index is -0.931. The van der Waals surface area contributed by atoms with Crippen molar-refractivity contribution in [3.8, 4) is 17.0 Å². The van der Waals surface area contributed by atoms with Gasteiger partial charge in [0.15, 0.2) is 0 Å². The van der Waals surface area contributed by atoms with E-state index in [0.29, 0.717) is 42.1 Å². The first kappa shape index (κ1) is 20.6. The standard InChI is InChI=1S/C24H23F2N3O3/c1-13(30)28-8-7-21-19(12-28)23(14-3-5-16(32-2)6-4-14)27-29(21)24-18-9-15(25)10-20(26)17(18)11-22(24)31/h3-6,9-10,22,24,31H,7-8,11-12H2,1-2H3/t22-,24?/m1/s1. The molecule has 2 heterocycles. The highest BCUT2D eigenvalue weighted by Crippen LogP contribution is 2.40. The van der Waals surface area contributed by atoms with Gasteiger partial charge in [-0.05, 0) is 41.5 Å². The number of aliphatic hydroxyl groups is 1. The molecule has 6 nitrogen and oxygen atoms in total. The molecule has 0 saturated carbocycles. The van der Waals surface area contributed by atoms with E-state index in [1.807, 2.05) is 24.3 Å². The minimum absolute atomic E-state index is 0.0283. The molecule has 3 aromatic rings. The van der Waals surface area contributed by atoms with Gasteiger partial charge in [-0.25, -0.2) is 8.78 Å². The van der Waals surface area contributed by atoms with Crippen LogP contribution in [0.2, 0.25) is 0 Å². The van der Waals surface area contributed by atoms with E-state index in [-0.39, 0.29) is 12.3 Å². The van der Waals surface area contributed by atoms with Crippen LogP contribution in [0.15, 0.2) is 36.4 Å². The Balaban J connectivity index is 1.67. The largest absolute Gasteiger partial charge is 0.497 e. The normalized spacial score (nSPS) is 19.6. The second kappa shape index (κ2) is 7.70. The van der Waals surface area contributed by atoms with E-state index in [4.69, 9.17) is 9.84 Å². The Hall–Kier alpha value is -3.26. The zero-order chi connectivity index (χ0) is 22.6. The van der Waals surface area contributed by atoms with E-state index < -0.39 is 23.8 Å². The van der Waals surface area contributed by atoms with Crippen LogP contribution in [0.1, 0.15) is 35.3 Å². The van der Waals surface area contributed by atoms with Crippen LogP contribution in [0.25, 0.3) is 11.3 Å². The molecule has 0 bridgehead atoms. The number of carbonyl (C=O) groups is 1. The molecule has 1 unspecified atom stereocenters. The van der Waals surface area contributed by atoms with Gasteiger partial charge in [0.2, 0.25) is 5.91 Å². The van der Waals surface area contributed by atoms with E-state index in [2.05, 4.69) is 0 Å². The first-order valence-corrected chi connectivity index (χ1v) is 10.5. The Kier molecular flexibility index (Phi) is 4.97. The first-order chi connectivity index (χ1) is 15.4. The van der Waals surface area contributed by atoms with E-state index in [1.165, 1.54) is 13.0 Å². The molecule has 2 aromatic carbocycles. The molecule has 1 aliphatic carbocycles. The molecule has 1 aromatic heterocycles. The summed E-state index contributed by atoms with van der Waals surface area (Å²) in [5, 5.41) is 15.7. The summed E-state index contributed by atoms with van der Waals surface area (Å²) in [6.45, 7) is 2.44. The van der Waals surface area contributed by atoms with Crippen molar-refractivity contribution in [2.24, 2.45) is 0 Å². The second-order valence-electron chi connectivity index (χ2n) is 8.31. The number of aromatic nitrogens is 2. The minimum Gasteiger partial charge on any atom is -0.497 e. The zero-order valence-electron chi connectivity index (χ0n) is 17.8. The number of nitrogens with zero attached hydrogens (tertiary/aromatic N) is 3. The summed E-state index contributed by atoms with van der Waals surface area (Å²) in [4.78, 5) is 13.8. The lowest BCUT2D eigenvalue weighted by atomic mass is 10.00. The molecule has 1 N–H and O–H groups in total. The topological polar surface area (TPSA) is 67.6 Å². The molecule has 2 atom stereocenters. The highest BCUT2D eigenvalue weighted by atomic mass is 19.1. The Morgan fingerprint density at radius 1 is 1.19 bits per heavy atom. The smallest absolute Gasteiger partial charge is 0.219 e. The monoisotopic (exact) mass is 439 g/mol. The summed E-state index contributed by atoms with van der Waals surface area (Å²) < 4.78 is 35.4. The molecule has 1 amide bonds. The molecule has 5 rings (SSSR count). The van der Waals surface area contributed by atoms with Crippen LogP contribution in [0.4, 0.5) is 8.78 Å². The quantitative estimate of drug-likeness (QED) is 0.681. The van der Waals surface area contributed by atoms with Crippen LogP contribution in [0.5, 0.6) is 5.75 Å². The number of amides is 1. The first-order valence-electron chi connectivity index (χ1n) is 10.5. The van der Waals surface area contributed by atoms with Gasteiger partial charge in [0.1, 0.15) is 23.4 Å². The third kappa shape index (κ3) is 3.26. The maximum Gasteiger partial charge on any atom is 0.219 e. The number of methoxy groups -OCH3 is 1. The zero-order valence-corrected chi connectivity index (χ0v) is 17.8. The van der Waals surface area contributed by atoms with Gasteiger partial charge >= 0.3 is 0 Å². The second-order valence-corrected chi connectivity index (χ2v) is 8.31. The predicted octanol–water partition coefficient (Wildman–Crippen LogP) is 3.25. The number of hydrogen-bond acceptors (Lipinski definition) is 4. The van der Waals surface area contributed by atoms with Gasteiger partial charge in [0.25, 0.3) is 0 Å². The number of aliphatic hydroxyl groups excluding tert-OH is 1. The van der Waals surface area contributed by atoms with Crippen LogP contribution in [0.3, 0.4) is 0 Å². The lowest BCUT2D eigenvalue weighted by molar-refractivity contribution is -0.129. The highest BCUT2D eigenvalue weighted by molar-refractivity contribution is 5.74. The molecule has 0 spiro atoms. The summed E-state index contributed by atoms with van der Waals surface area (Å²) in [5.41, 5.74) is 4.01.